The molecule has 0 fully saturated rings. The first-order valence-electron chi connectivity index (χ1n) is 11.9. The van der Waals surface area contributed by atoms with E-state index in [-0.39, 0.29) is 28.5 Å². The number of nitrogens with zero attached hydrogens (tertiary/aromatic N) is 2. The van der Waals surface area contributed by atoms with Crippen molar-refractivity contribution in [3.05, 3.63) is 125 Å². The molecule has 0 saturated heterocycles. The monoisotopic (exact) mass is 587 g/mol. The van der Waals surface area contributed by atoms with Crippen molar-refractivity contribution in [1.82, 2.24) is 9.78 Å². The summed E-state index contributed by atoms with van der Waals surface area (Å²) in [5.74, 6) is -2.45. The summed E-state index contributed by atoms with van der Waals surface area (Å²) < 4.78 is 80.1. The van der Waals surface area contributed by atoms with Crippen LogP contribution in [0.25, 0.3) is 33.5 Å². The van der Waals surface area contributed by atoms with Gasteiger partial charge in [0.2, 0.25) is 0 Å². The minimum absolute atomic E-state index is 0.153. The second-order valence-electron chi connectivity index (χ2n) is 8.77. The lowest BCUT2D eigenvalue weighted by molar-refractivity contribution is -0.141. The molecule has 0 radical (unpaired) electrons. The molecule has 0 unspecified atom stereocenters. The van der Waals surface area contributed by atoms with Crippen molar-refractivity contribution in [2.45, 2.75) is 6.18 Å². The minimum atomic E-state index is -4.87. The predicted molar refractivity (Wildman–Crippen MR) is 144 cm³/mol. The highest BCUT2D eigenvalue weighted by molar-refractivity contribution is 6.30. The highest BCUT2D eigenvalue weighted by Crippen LogP contribution is 2.40. The number of hydrogen-bond donors (Lipinski definition) is 1. The van der Waals surface area contributed by atoms with Gasteiger partial charge < -0.3 is 5.73 Å². The maximum atomic E-state index is 13.9. The average Bonchev–Trinajstić information content (AvgIpc) is 3.28. The van der Waals surface area contributed by atoms with Crippen LogP contribution in [0.15, 0.2) is 91.0 Å². The van der Waals surface area contributed by atoms with Gasteiger partial charge in [-0.3, -0.25) is 9.48 Å². The lowest BCUT2D eigenvalue weighted by Crippen LogP contribution is -2.18. The zero-order valence-corrected chi connectivity index (χ0v) is 21.9. The topological polar surface area (TPSA) is 60.9 Å². The number of carbonyl (C=O) groups is 1. The highest BCUT2D eigenvalue weighted by atomic mass is 35.5. The molecule has 210 valence electrons. The van der Waals surface area contributed by atoms with Crippen molar-refractivity contribution in [2.24, 2.45) is 12.8 Å². The van der Waals surface area contributed by atoms with Crippen molar-refractivity contribution in [3.63, 3.8) is 0 Å². The summed E-state index contributed by atoms with van der Waals surface area (Å²) in [6.45, 7) is 0. The average molecular weight is 588 g/mol. The van der Waals surface area contributed by atoms with E-state index in [0.29, 0.717) is 10.6 Å². The van der Waals surface area contributed by atoms with E-state index in [1.54, 1.807) is 48.5 Å². The van der Waals surface area contributed by atoms with E-state index in [1.807, 2.05) is 0 Å². The van der Waals surface area contributed by atoms with Gasteiger partial charge in [0.1, 0.15) is 17.5 Å². The molecule has 0 atom stereocenters. The van der Waals surface area contributed by atoms with Gasteiger partial charge >= 0.3 is 6.18 Å². The van der Waals surface area contributed by atoms with Crippen LogP contribution in [-0.4, -0.2) is 15.7 Å². The lowest BCUT2D eigenvalue weighted by atomic mass is 9.94. The molecular weight excluding hydrogens is 568 g/mol. The summed E-state index contributed by atoms with van der Waals surface area (Å²) in [6.07, 6.45) is -4.87. The Morgan fingerprint density at radius 3 is 1.93 bits per heavy atom. The first-order valence-corrected chi connectivity index (χ1v) is 12.2. The van der Waals surface area contributed by atoms with Crippen LogP contribution >= 0.6 is 11.6 Å². The predicted octanol–water partition coefficient (Wildman–Crippen LogP) is 8.30. The van der Waals surface area contributed by atoms with Crippen molar-refractivity contribution in [2.75, 3.05) is 0 Å². The van der Waals surface area contributed by atoms with Crippen LogP contribution < -0.4 is 5.73 Å². The molecule has 4 nitrogen and oxygen atoms in total. The summed E-state index contributed by atoms with van der Waals surface area (Å²) in [7, 11) is 1.26. The summed E-state index contributed by atoms with van der Waals surface area (Å²) in [6, 6.07) is 22.0. The molecule has 11 heteroatoms. The van der Waals surface area contributed by atoms with Crippen LogP contribution in [0.2, 0.25) is 5.02 Å². The fourth-order valence-electron chi connectivity index (χ4n) is 4.17. The Morgan fingerprint density at radius 1 is 0.756 bits per heavy atom. The van der Waals surface area contributed by atoms with Gasteiger partial charge in [0.25, 0.3) is 5.91 Å². The number of amides is 1. The molecule has 0 spiro atoms. The van der Waals surface area contributed by atoms with E-state index in [2.05, 4.69) is 5.10 Å². The third kappa shape index (κ3) is 6.78. The van der Waals surface area contributed by atoms with Gasteiger partial charge in [0, 0.05) is 17.6 Å². The Labute approximate surface area is 235 Å². The Hall–Kier alpha value is -4.57. The Morgan fingerprint density at radius 2 is 1.34 bits per heavy atom. The van der Waals surface area contributed by atoms with Crippen molar-refractivity contribution in [1.29, 1.82) is 0 Å². The summed E-state index contributed by atoms with van der Waals surface area (Å²) in [5.41, 5.74) is 5.42. The van der Waals surface area contributed by atoms with E-state index < -0.39 is 29.2 Å². The fraction of sp³-hybridized carbons (Fsp3) is 0.0667. The standard InChI is InChI=1S/C18H12ClF4N3O.C12H8F2/c1-26-15(14(17(24)27)16(25-26)18(21,22)23)12-7-6-11(20)8-13(12)9-2-4-10(19)5-3-9;13-11-6-4-9(5-7-11)10-2-1-3-12(14)8-10/h2-8H,1H3,(H2,24,27);1-8H. The minimum Gasteiger partial charge on any atom is -0.365 e. The molecule has 1 aromatic heterocycles. The summed E-state index contributed by atoms with van der Waals surface area (Å²) in [4.78, 5) is 11.8. The van der Waals surface area contributed by atoms with Crippen LogP contribution in [0.3, 0.4) is 0 Å². The third-order valence-corrected chi connectivity index (χ3v) is 6.21. The molecule has 5 aromatic rings. The molecule has 1 amide bonds. The van der Waals surface area contributed by atoms with E-state index >= 15 is 0 Å². The second-order valence-corrected chi connectivity index (χ2v) is 9.21. The number of alkyl halides is 3. The maximum absolute atomic E-state index is 13.9. The zero-order valence-electron chi connectivity index (χ0n) is 21.2. The highest BCUT2D eigenvalue weighted by Gasteiger charge is 2.41. The van der Waals surface area contributed by atoms with Crippen LogP contribution in [-0.2, 0) is 13.2 Å². The smallest absolute Gasteiger partial charge is 0.365 e. The van der Waals surface area contributed by atoms with Gasteiger partial charge in [0.15, 0.2) is 5.69 Å². The first-order chi connectivity index (χ1) is 19.3. The molecule has 1 heterocycles. The van der Waals surface area contributed by atoms with Gasteiger partial charge in [-0.25, -0.2) is 13.2 Å². The van der Waals surface area contributed by atoms with Crippen molar-refractivity contribution in [3.8, 4) is 33.5 Å². The van der Waals surface area contributed by atoms with E-state index in [0.717, 1.165) is 27.9 Å². The Bertz CT molecular complexity index is 1700. The fourth-order valence-corrected chi connectivity index (χ4v) is 4.29. The first kappa shape index (κ1) is 29.4. The number of nitrogens with two attached hydrogens (primary N) is 1. The number of aryl methyl sites for hydroxylation is 1. The number of carbonyl (C=O) groups excluding carboxylic acids is 1. The lowest BCUT2D eigenvalue weighted by Gasteiger charge is -2.12. The van der Waals surface area contributed by atoms with Crippen LogP contribution in [0.5, 0.6) is 0 Å². The molecule has 0 aliphatic heterocycles. The molecule has 5 rings (SSSR count). The number of hydrogen-bond acceptors (Lipinski definition) is 2. The van der Waals surface area contributed by atoms with E-state index in [1.165, 1.54) is 37.4 Å². The normalized spacial score (nSPS) is 11.1. The molecule has 0 saturated carbocycles. The van der Waals surface area contributed by atoms with Crippen LogP contribution in [0, 0.1) is 17.5 Å². The number of aromatic nitrogens is 2. The van der Waals surface area contributed by atoms with Crippen LogP contribution in [0.1, 0.15) is 16.1 Å². The van der Waals surface area contributed by atoms with E-state index in [9.17, 15) is 31.1 Å². The van der Waals surface area contributed by atoms with E-state index in [4.69, 9.17) is 17.3 Å². The summed E-state index contributed by atoms with van der Waals surface area (Å²) >= 11 is 5.86. The largest absolute Gasteiger partial charge is 0.435 e. The van der Waals surface area contributed by atoms with Crippen molar-refractivity contribution < 1.29 is 31.1 Å². The Kier molecular flexibility index (Phi) is 8.53. The molecule has 0 bridgehead atoms. The molecule has 0 aliphatic rings. The molecule has 41 heavy (non-hydrogen) atoms. The second kappa shape index (κ2) is 11.9. The van der Waals surface area contributed by atoms with Crippen molar-refractivity contribution >= 4 is 17.5 Å². The third-order valence-electron chi connectivity index (χ3n) is 5.96. The van der Waals surface area contributed by atoms with Gasteiger partial charge in [-0.05, 0) is 76.9 Å². The zero-order chi connectivity index (χ0) is 29.9. The maximum Gasteiger partial charge on any atom is 0.435 e. The molecule has 0 aliphatic carbocycles. The molecule has 4 aromatic carbocycles. The van der Waals surface area contributed by atoms with Gasteiger partial charge in [-0.15, -0.1) is 0 Å². The Balaban J connectivity index is 0.000000231. The van der Waals surface area contributed by atoms with Gasteiger partial charge in [0.05, 0.1) is 11.3 Å². The SMILES string of the molecule is Cn1nc(C(F)(F)F)c(C(N)=O)c1-c1ccc(F)cc1-c1ccc(Cl)cc1.Fc1ccc(-c2cccc(F)c2)cc1. The number of primary amides is 1. The summed E-state index contributed by atoms with van der Waals surface area (Å²) in [5, 5.41) is 3.87. The van der Waals surface area contributed by atoms with Gasteiger partial charge in [-0.2, -0.15) is 18.3 Å². The number of benzene rings is 4. The molecule has 2 N–H and O–H groups in total. The molecular formula is C30H20ClF6N3O. The van der Waals surface area contributed by atoms with Crippen LogP contribution in [0.4, 0.5) is 26.3 Å². The number of halogens is 7. The number of rotatable bonds is 4. The quantitative estimate of drug-likeness (QED) is 0.215. The van der Waals surface area contributed by atoms with Gasteiger partial charge in [-0.1, -0.05) is 48.0 Å².